The Labute approximate surface area is 45.4 Å². The van der Waals surface area contributed by atoms with Crippen LogP contribution >= 0.6 is 22.6 Å². The molecule has 0 aliphatic heterocycles. The van der Waals surface area contributed by atoms with Crippen LogP contribution in [0.25, 0.3) is 0 Å². The summed E-state index contributed by atoms with van der Waals surface area (Å²) >= 11 is 2.15. The summed E-state index contributed by atoms with van der Waals surface area (Å²) in [6, 6.07) is 0. The van der Waals surface area contributed by atoms with Crippen LogP contribution in [0.3, 0.4) is 0 Å². The van der Waals surface area contributed by atoms with E-state index in [0.29, 0.717) is 0 Å². The van der Waals surface area contributed by atoms with E-state index in [1.54, 1.807) is 6.92 Å². The van der Waals surface area contributed by atoms with Gasteiger partial charge in [0.25, 0.3) is 0 Å². The summed E-state index contributed by atoms with van der Waals surface area (Å²) in [6.07, 6.45) is 0. The molecule has 5 heavy (non-hydrogen) atoms. The summed E-state index contributed by atoms with van der Waals surface area (Å²) in [4.78, 5) is 0. The number of rotatable bonds is 1. The summed E-state index contributed by atoms with van der Waals surface area (Å²) in [6.45, 7) is 1.80. The maximum atomic E-state index is 6.74. The van der Waals surface area contributed by atoms with Crippen molar-refractivity contribution in [1.29, 1.82) is 5.41 Å². The second-order valence-electron chi connectivity index (χ2n) is 0.914. The van der Waals surface area contributed by atoms with Gasteiger partial charge in [-0.15, -0.1) is 0 Å². The molecule has 0 aromatic heterocycles. The third kappa shape index (κ3) is 4.40. The van der Waals surface area contributed by atoms with Crippen molar-refractivity contribution in [2.24, 2.45) is 0 Å². The van der Waals surface area contributed by atoms with Crippen LogP contribution in [0.5, 0.6) is 0 Å². The van der Waals surface area contributed by atoms with Gasteiger partial charge < -0.3 is 5.41 Å². The maximum Gasteiger partial charge on any atom is 0.0371 e. The SMILES string of the molecule is CC(=N)CI. The fourth-order valence-electron chi connectivity index (χ4n) is 0. The van der Waals surface area contributed by atoms with E-state index in [0.717, 1.165) is 10.1 Å². The molecule has 0 aromatic rings. The fourth-order valence-corrected chi connectivity index (χ4v) is 0. The second-order valence-corrected chi connectivity index (χ2v) is 1.68. The highest BCUT2D eigenvalue weighted by Crippen LogP contribution is 1.78. The third-order valence-electron chi connectivity index (χ3n) is 0.200. The van der Waals surface area contributed by atoms with Crippen LogP contribution < -0.4 is 0 Å². The van der Waals surface area contributed by atoms with Gasteiger partial charge in [0.15, 0.2) is 0 Å². The third-order valence-corrected chi connectivity index (χ3v) is 1.34. The minimum Gasteiger partial charge on any atom is -0.309 e. The molecular formula is C3H6IN. The summed E-state index contributed by atoms with van der Waals surface area (Å²) < 4.78 is 0.859. The quantitative estimate of drug-likeness (QED) is 0.361. The lowest BCUT2D eigenvalue weighted by atomic mass is 10.5. The van der Waals surface area contributed by atoms with Gasteiger partial charge in [-0.25, -0.2) is 0 Å². The van der Waals surface area contributed by atoms with Gasteiger partial charge in [0.2, 0.25) is 0 Å². The standard InChI is InChI=1S/C3H6IN/c1-3(5)2-4/h5H,2H2,1H3. The molecule has 0 rings (SSSR count). The van der Waals surface area contributed by atoms with Gasteiger partial charge in [-0.3, -0.25) is 0 Å². The van der Waals surface area contributed by atoms with Gasteiger partial charge in [-0.1, -0.05) is 22.6 Å². The molecule has 0 atom stereocenters. The number of halogens is 1. The van der Waals surface area contributed by atoms with Crippen molar-refractivity contribution in [3.05, 3.63) is 0 Å². The van der Waals surface area contributed by atoms with Crippen LogP contribution in [0.15, 0.2) is 0 Å². The van der Waals surface area contributed by atoms with Crippen molar-refractivity contribution >= 4 is 28.3 Å². The molecule has 0 bridgehead atoms. The predicted molar refractivity (Wildman–Crippen MR) is 32.3 cm³/mol. The first-order valence-corrected chi connectivity index (χ1v) is 2.90. The Kier molecular flexibility index (Phi) is 2.84. The molecule has 0 fully saturated rings. The average Bonchev–Trinajstić information content (AvgIpc) is 1.38. The lowest BCUT2D eigenvalue weighted by Crippen LogP contribution is -1.83. The summed E-state index contributed by atoms with van der Waals surface area (Å²) in [7, 11) is 0. The Morgan fingerprint density at radius 2 is 2.20 bits per heavy atom. The van der Waals surface area contributed by atoms with Gasteiger partial charge in [0.1, 0.15) is 0 Å². The van der Waals surface area contributed by atoms with E-state index in [4.69, 9.17) is 5.41 Å². The van der Waals surface area contributed by atoms with Crippen molar-refractivity contribution < 1.29 is 0 Å². The largest absolute Gasteiger partial charge is 0.309 e. The lowest BCUT2D eigenvalue weighted by molar-refractivity contribution is 1.47. The van der Waals surface area contributed by atoms with Crippen LogP contribution in [0.1, 0.15) is 6.92 Å². The molecule has 0 spiro atoms. The van der Waals surface area contributed by atoms with Gasteiger partial charge in [0.05, 0.1) is 0 Å². The summed E-state index contributed by atoms with van der Waals surface area (Å²) in [5.74, 6) is 0. The zero-order valence-electron chi connectivity index (χ0n) is 3.09. The number of alkyl halides is 1. The number of hydrogen-bond donors (Lipinski definition) is 1. The zero-order valence-corrected chi connectivity index (χ0v) is 5.24. The molecule has 0 aliphatic carbocycles. The van der Waals surface area contributed by atoms with Crippen molar-refractivity contribution in [1.82, 2.24) is 0 Å². The van der Waals surface area contributed by atoms with E-state index in [-0.39, 0.29) is 0 Å². The van der Waals surface area contributed by atoms with Crippen molar-refractivity contribution in [3.63, 3.8) is 0 Å². The summed E-state index contributed by atoms with van der Waals surface area (Å²) in [5.41, 5.74) is 0.741. The topological polar surface area (TPSA) is 23.9 Å². The minimum atomic E-state index is 0.741. The van der Waals surface area contributed by atoms with Gasteiger partial charge in [0, 0.05) is 10.1 Å². The fraction of sp³-hybridized carbons (Fsp3) is 0.667. The van der Waals surface area contributed by atoms with Crippen LogP contribution in [0.4, 0.5) is 0 Å². The first kappa shape index (κ1) is 5.40. The van der Waals surface area contributed by atoms with E-state index < -0.39 is 0 Å². The highest BCUT2D eigenvalue weighted by molar-refractivity contribution is 14.1. The molecule has 1 nitrogen and oxygen atoms in total. The molecule has 0 saturated heterocycles. The molecule has 0 heterocycles. The number of nitrogens with one attached hydrogen (secondary N) is 1. The highest BCUT2D eigenvalue weighted by Gasteiger charge is 1.72. The van der Waals surface area contributed by atoms with E-state index in [9.17, 15) is 0 Å². The van der Waals surface area contributed by atoms with Gasteiger partial charge >= 0.3 is 0 Å². The normalized spacial score (nSPS) is 7.60. The monoisotopic (exact) mass is 183 g/mol. The molecule has 0 amide bonds. The first-order valence-electron chi connectivity index (χ1n) is 1.37. The Morgan fingerprint density at radius 3 is 2.20 bits per heavy atom. The predicted octanol–water partition coefficient (Wildman–Crippen LogP) is 1.46. The van der Waals surface area contributed by atoms with Crippen molar-refractivity contribution in [2.45, 2.75) is 6.92 Å². The molecule has 0 aliphatic rings. The Hall–Kier alpha value is 0.400. The molecule has 1 N–H and O–H groups in total. The first-order chi connectivity index (χ1) is 2.27. The summed E-state index contributed by atoms with van der Waals surface area (Å²) in [5, 5.41) is 6.74. The van der Waals surface area contributed by atoms with Crippen molar-refractivity contribution in [3.8, 4) is 0 Å². The Balaban J connectivity index is 2.85. The molecule has 0 radical (unpaired) electrons. The van der Waals surface area contributed by atoms with Gasteiger partial charge in [-0.2, -0.15) is 0 Å². The number of hydrogen-bond acceptors (Lipinski definition) is 1. The van der Waals surface area contributed by atoms with E-state index >= 15 is 0 Å². The van der Waals surface area contributed by atoms with Crippen LogP contribution in [0, 0.1) is 5.41 Å². The zero-order chi connectivity index (χ0) is 4.28. The Morgan fingerprint density at radius 1 is 2.00 bits per heavy atom. The van der Waals surface area contributed by atoms with Gasteiger partial charge in [-0.05, 0) is 6.92 Å². The van der Waals surface area contributed by atoms with Crippen LogP contribution in [-0.2, 0) is 0 Å². The minimum absolute atomic E-state index is 0.741. The highest BCUT2D eigenvalue weighted by atomic mass is 127. The van der Waals surface area contributed by atoms with Crippen LogP contribution in [0.2, 0.25) is 0 Å². The van der Waals surface area contributed by atoms with Crippen molar-refractivity contribution in [2.75, 3.05) is 4.43 Å². The molecule has 0 aromatic carbocycles. The molecule has 2 heteroatoms. The second kappa shape index (κ2) is 2.63. The van der Waals surface area contributed by atoms with E-state index in [2.05, 4.69) is 22.6 Å². The van der Waals surface area contributed by atoms with E-state index in [1.165, 1.54) is 0 Å². The van der Waals surface area contributed by atoms with Crippen LogP contribution in [-0.4, -0.2) is 10.1 Å². The molecule has 30 valence electrons. The van der Waals surface area contributed by atoms with E-state index in [1.807, 2.05) is 0 Å². The molecular weight excluding hydrogens is 177 g/mol. The average molecular weight is 183 g/mol. The molecule has 0 saturated carbocycles. The molecule has 0 unspecified atom stereocenters. The smallest absolute Gasteiger partial charge is 0.0371 e. The maximum absolute atomic E-state index is 6.74. The lowest BCUT2D eigenvalue weighted by Gasteiger charge is -1.75. The Bertz CT molecular complexity index is 42.2.